The smallest absolute Gasteiger partial charge is 0.255 e. The summed E-state index contributed by atoms with van der Waals surface area (Å²) < 4.78 is 0. The van der Waals surface area contributed by atoms with E-state index in [2.05, 4.69) is 0 Å². The van der Waals surface area contributed by atoms with Crippen LogP contribution in [-0.2, 0) is 0 Å². The predicted molar refractivity (Wildman–Crippen MR) is 67.3 cm³/mol. The number of hydrogen-bond donors (Lipinski definition) is 1. The maximum atomic E-state index is 12.3. The van der Waals surface area contributed by atoms with Crippen molar-refractivity contribution in [1.29, 1.82) is 0 Å². The third-order valence-electron chi connectivity index (χ3n) is 3.01. The maximum absolute atomic E-state index is 12.3. The summed E-state index contributed by atoms with van der Waals surface area (Å²) in [6.45, 7) is 2.26. The van der Waals surface area contributed by atoms with Crippen LogP contribution >= 0.6 is 11.6 Å². The van der Waals surface area contributed by atoms with Gasteiger partial charge in [0, 0.05) is 12.6 Å². The first-order valence-corrected chi connectivity index (χ1v) is 6.20. The molecule has 1 N–H and O–H groups in total. The van der Waals surface area contributed by atoms with E-state index in [0.29, 0.717) is 17.1 Å². The van der Waals surface area contributed by atoms with Gasteiger partial charge < -0.3 is 10.0 Å². The van der Waals surface area contributed by atoms with Gasteiger partial charge in [0.2, 0.25) is 0 Å². The molecule has 4 heteroatoms. The number of nitrogens with zero attached hydrogens (tertiary/aromatic N) is 1. The molecular weight excluding hydrogens is 238 g/mol. The zero-order valence-corrected chi connectivity index (χ0v) is 10.6. The number of halogens is 1. The Hall–Kier alpha value is -1.06. The minimum Gasteiger partial charge on any atom is -0.395 e. The zero-order chi connectivity index (χ0) is 12.4. The number of rotatable bonds is 4. The third kappa shape index (κ3) is 2.61. The van der Waals surface area contributed by atoms with Crippen molar-refractivity contribution < 1.29 is 9.90 Å². The predicted octanol–water partition coefficient (Wildman–Crippen LogP) is 2.25. The molecule has 1 fully saturated rings. The minimum atomic E-state index is -0.0738. The number of aliphatic hydroxyl groups is 1. The lowest BCUT2D eigenvalue weighted by molar-refractivity contribution is 0.0707. The van der Waals surface area contributed by atoms with Crippen LogP contribution in [0.4, 0.5) is 0 Å². The SMILES string of the molecule is Cc1cccc(C(=O)N(CCO)C2CC2)c1Cl. The second-order valence-electron chi connectivity index (χ2n) is 4.39. The van der Waals surface area contributed by atoms with E-state index in [-0.39, 0.29) is 18.6 Å². The Morgan fingerprint density at radius 2 is 2.24 bits per heavy atom. The fraction of sp³-hybridized carbons (Fsp3) is 0.462. The van der Waals surface area contributed by atoms with Gasteiger partial charge in [0.05, 0.1) is 17.2 Å². The van der Waals surface area contributed by atoms with Crippen LogP contribution in [0.1, 0.15) is 28.8 Å². The molecule has 0 heterocycles. The number of amides is 1. The second-order valence-corrected chi connectivity index (χ2v) is 4.77. The van der Waals surface area contributed by atoms with Gasteiger partial charge in [-0.2, -0.15) is 0 Å². The Morgan fingerprint density at radius 1 is 1.53 bits per heavy atom. The average molecular weight is 254 g/mol. The van der Waals surface area contributed by atoms with E-state index in [9.17, 15) is 4.79 Å². The summed E-state index contributed by atoms with van der Waals surface area (Å²) in [5, 5.41) is 9.52. The molecule has 0 radical (unpaired) electrons. The summed E-state index contributed by atoms with van der Waals surface area (Å²) in [5.41, 5.74) is 1.43. The summed E-state index contributed by atoms with van der Waals surface area (Å²) >= 11 is 6.15. The highest BCUT2D eigenvalue weighted by molar-refractivity contribution is 6.34. The number of benzene rings is 1. The molecule has 1 aromatic rings. The van der Waals surface area contributed by atoms with Crippen LogP contribution in [0.15, 0.2) is 18.2 Å². The van der Waals surface area contributed by atoms with Crippen molar-refractivity contribution >= 4 is 17.5 Å². The number of carbonyl (C=O) groups is 1. The fourth-order valence-electron chi connectivity index (χ4n) is 1.91. The van der Waals surface area contributed by atoms with Crippen LogP contribution in [0.25, 0.3) is 0 Å². The molecule has 0 atom stereocenters. The normalized spacial score (nSPS) is 14.8. The minimum absolute atomic E-state index is 0.00826. The van der Waals surface area contributed by atoms with Crippen molar-refractivity contribution in [2.45, 2.75) is 25.8 Å². The molecule has 0 saturated heterocycles. The Labute approximate surface area is 106 Å². The van der Waals surface area contributed by atoms with E-state index in [1.165, 1.54) is 0 Å². The molecule has 1 saturated carbocycles. The van der Waals surface area contributed by atoms with Gasteiger partial charge in [-0.3, -0.25) is 4.79 Å². The molecule has 0 aromatic heterocycles. The molecule has 0 bridgehead atoms. The first kappa shape index (κ1) is 12.4. The van der Waals surface area contributed by atoms with Crippen LogP contribution in [0.3, 0.4) is 0 Å². The molecule has 1 aliphatic carbocycles. The average Bonchev–Trinajstić information content (AvgIpc) is 3.13. The van der Waals surface area contributed by atoms with Crippen molar-refractivity contribution in [1.82, 2.24) is 4.90 Å². The Kier molecular flexibility index (Phi) is 3.69. The molecule has 0 aliphatic heterocycles. The number of carbonyl (C=O) groups excluding carboxylic acids is 1. The number of hydrogen-bond acceptors (Lipinski definition) is 2. The van der Waals surface area contributed by atoms with E-state index in [1.807, 2.05) is 19.1 Å². The lowest BCUT2D eigenvalue weighted by atomic mass is 10.1. The lowest BCUT2D eigenvalue weighted by Gasteiger charge is -2.22. The summed E-state index contributed by atoms with van der Waals surface area (Å²) in [6.07, 6.45) is 2.05. The molecule has 1 amide bonds. The van der Waals surface area contributed by atoms with Gasteiger partial charge in [-0.25, -0.2) is 0 Å². The van der Waals surface area contributed by atoms with E-state index in [1.54, 1.807) is 11.0 Å². The summed E-state index contributed by atoms with van der Waals surface area (Å²) in [6, 6.07) is 5.74. The number of aliphatic hydroxyl groups excluding tert-OH is 1. The molecule has 0 unspecified atom stereocenters. The van der Waals surface area contributed by atoms with E-state index in [4.69, 9.17) is 16.7 Å². The molecule has 0 spiro atoms. The standard InChI is InChI=1S/C13H16ClNO2/c1-9-3-2-4-11(12(9)14)13(17)15(7-8-16)10-5-6-10/h2-4,10,16H,5-8H2,1H3. The molecule has 92 valence electrons. The van der Waals surface area contributed by atoms with E-state index >= 15 is 0 Å². The monoisotopic (exact) mass is 253 g/mol. The van der Waals surface area contributed by atoms with Crippen molar-refractivity contribution in [3.63, 3.8) is 0 Å². The highest BCUT2D eigenvalue weighted by atomic mass is 35.5. The van der Waals surface area contributed by atoms with Crippen molar-refractivity contribution in [2.75, 3.05) is 13.2 Å². The molecule has 1 aliphatic rings. The second kappa shape index (κ2) is 5.07. The van der Waals surface area contributed by atoms with Crippen LogP contribution in [0.5, 0.6) is 0 Å². The van der Waals surface area contributed by atoms with Crippen LogP contribution in [-0.4, -0.2) is 35.1 Å². The van der Waals surface area contributed by atoms with Crippen LogP contribution in [0.2, 0.25) is 5.02 Å². The number of aryl methyl sites for hydroxylation is 1. The molecule has 3 nitrogen and oxygen atoms in total. The first-order chi connectivity index (χ1) is 8.15. The molecule has 17 heavy (non-hydrogen) atoms. The van der Waals surface area contributed by atoms with Gasteiger partial charge in [0.25, 0.3) is 5.91 Å². The Morgan fingerprint density at radius 3 is 2.82 bits per heavy atom. The maximum Gasteiger partial charge on any atom is 0.255 e. The lowest BCUT2D eigenvalue weighted by Crippen LogP contribution is -2.35. The van der Waals surface area contributed by atoms with E-state index < -0.39 is 0 Å². The van der Waals surface area contributed by atoms with Gasteiger partial charge in [-0.1, -0.05) is 23.7 Å². The highest BCUT2D eigenvalue weighted by Gasteiger charge is 2.33. The molecular formula is C13H16ClNO2. The van der Waals surface area contributed by atoms with Crippen molar-refractivity contribution in [2.24, 2.45) is 0 Å². The Bertz CT molecular complexity index is 429. The largest absolute Gasteiger partial charge is 0.395 e. The third-order valence-corrected chi connectivity index (χ3v) is 3.51. The van der Waals surface area contributed by atoms with Crippen LogP contribution < -0.4 is 0 Å². The van der Waals surface area contributed by atoms with E-state index in [0.717, 1.165) is 18.4 Å². The summed E-state index contributed by atoms with van der Waals surface area (Å²) in [5.74, 6) is -0.0738. The van der Waals surface area contributed by atoms with Gasteiger partial charge in [0.1, 0.15) is 0 Å². The molecule has 2 rings (SSSR count). The summed E-state index contributed by atoms with van der Waals surface area (Å²) in [4.78, 5) is 14.0. The van der Waals surface area contributed by atoms with Gasteiger partial charge in [-0.05, 0) is 31.4 Å². The quantitative estimate of drug-likeness (QED) is 0.894. The van der Waals surface area contributed by atoms with Gasteiger partial charge >= 0.3 is 0 Å². The van der Waals surface area contributed by atoms with Gasteiger partial charge in [-0.15, -0.1) is 0 Å². The molecule has 1 aromatic carbocycles. The van der Waals surface area contributed by atoms with Gasteiger partial charge in [0.15, 0.2) is 0 Å². The fourth-order valence-corrected chi connectivity index (χ4v) is 2.12. The Balaban J connectivity index is 2.25. The van der Waals surface area contributed by atoms with Crippen molar-refractivity contribution in [3.8, 4) is 0 Å². The summed E-state index contributed by atoms with van der Waals surface area (Å²) in [7, 11) is 0. The zero-order valence-electron chi connectivity index (χ0n) is 9.82. The van der Waals surface area contributed by atoms with Crippen molar-refractivity contribution in [3.05, 3.63) is 34.3 Å². The van der Waals surface area contributed by atoms with Crippen LogP contribution in [0, 0.1) is 6.92 Å². The first-order valence-electron chi connectivity index (χ1n) is 5.82. The highest BCUT2D eigenvalue weighted by Crippen LogP contribution is 2.30. The topological polar surface area (TPSA) is 40.5 Å².